The van der Waals surface area contributed by atoms with E-state index in [9.17, 15) is 0 Å². The minimum Gasteiger partial charge on any atom is -0.354 e. The summed E-state index contributed by atoms with van der Waals surface area (Å²) >= 11 is 1.66. The molecule has 134 valence electrons. The fourth-order valence-electron chi connectivity index (χ4n) is 3.35. The molecule has 5 nitrogen and oxygen atoms in total. The van der Waals surface area contributed by atoms with E-state index in [-0.39, 0.29) is 24.0 Å². The van der Waals surface area contributed by atoms with Crippen molar-refractivity contribution in [3.8, 4) is 0 Å². The van der Waals surface area contributed by atoms with Gasteiger partial charge in [0.05, 0.1) is 12.2 Å². The van der Waals surface area contributed by atoms with E-state index in [2.05, 4.69) is 45.1 Å². The van der Waals surface area contributed by atoms with Crippen molar-refractivity contribution in [2.45, 2.75) is 52.1 Å². The van der Waals surface area contributed by atoms with Crippen LogP contribution in [0.3, 0.4) is 0 Å². The molecule has 0 atom stereocenters. The zero-order valence-electron chi connectivity index (χ0n) is 14.7. The number of hydrogen-bond acceptors (Lipinski definition) is 3. The Hall–Kier alpha value is -0.830. The van der Waals surface area contributed by atoms with Crippen molar-refractivity contribution in [1.82, 2.24) is 20.0 Å². The smallest absolute Gasteiger partial charge is 0.193 e. The number of aliphatic imine (C=N–C) groups is 1. The maximum absolute atomic E-state index is 4.59. The highest BCUT2D eigenvalue weighted by molar-refractivity contribution is 14.0. The molecule has 1 fully saturated rings. The molecule has 0 amide bonds. The molecule has 2 aromatic rings. The van der Waals surface area contributed by atoms with Gasteiger partial charge in [-0.15, -0.1) is 35.3 Å². The first-order valence-corrected chi connectivity index (χ1v) is 9.42. The molecule has 7 heteroatoms. The van der Waals surface area contributed by atoms with Crippen LogP contribution in [0.15, 0.2) is 22.8 Å². The molecule has 0 bridgehead atoms. The number of aromatic nitrogens is 2. The summed E-state index contributed by atoms with van der Waals surface area (Å²) in [4.78, 5) is 9.99. The van der Waals surface area contributed by atoms with Gasteiger partial charge in [0.25, 0.3) is 0 Å². The van der Waals surface area contributed by atoms with Crippen LogP contribution in [0.25, 0.3) is 4.96 Å². The molecule has 3 rings (SSSR count). The molecule has 1 saturated carbocycles. The number of fused-ring (bicyclic) bond motifs is 1. The second-order valence-corrected chi connectivity index (χ2v) is 7.62. The lowest BCUT2D eigenvalue weighted by atomic mass is 9.80. The van der Waals surface area contributed by atoms with E-state index in [4.69, 9.17) is 0 Å². The zero-order chi connectivity index (χ0) is 16.2. The fourth-order valence-corrected chi connectivity index (χ4v) is 4.07. The summed E-state index contributed by atoms with van der Waals surface area (Å²) in [5, 5.41) is 9.00. The highest BCUT2D eigenvalue weighted by Gasteiger charge is 2.23. The summed E-state index contributed by atoms with van der Waals surface area (Å²) in [7, 11) is 1.83. The fraction of sp³-hybridized carbons (Fsp3) is 0.647. The average Bonchev–Trinajstić information content (AvgIpc) is 3.13. The van der Waals surface area contributed by atoms with Crippen molar-refractivity contribution < 1.29 is 0 Å². The van der Waals surface area contributed by atoms with Crippen molar-refractivity contribution in [3.05, 3.63) is 23.5 Å². The van der Waals surface area contributed by atoms with Crippen molar-refractivity contribution in [3.63, 3.8) is 0 Å². The first kappa shape index (κ1) is 19.5. The maximum atomic E-state index is 4.59. The molecule has 2 heterocycles. The predicted octanol–water partition coefficient (Wildman–Crippen LogP) is 3.89. The first-order chi connectivity index (χ1) is 11.2. The van der Waals surface area contributed by atoms with Gasteiger partial charge in [0.1, 0.15) is 0 Å². The number of thiazole rings is 1. The highest BCUT2D eigenvalue weighted by Crippen LogP contribution is 2.29. The van der Waals surface area contributed by atoms with Gasteiger partial charge >= 0.3 is 0 Å². The van der Waals surface area contributed by atoms with Gasteiger partial charge < -0.3 is 10.6 Å². The number of hydrogen-bond donors (Lipinski definition) is 2. The standard InChI is InChI=1S/C17H27N5S.HI/c1-12(2)13-4-6-14(7-5-13)20-16(18-3)19-10-15-11-22-8-9-23-17(22)21-15;/h8-9,11-14H,4-7,10H2,1-3H3,(H2,18,19,20);1H. The van der Waals surface area contributed by atoms with E-state index >= 15 is 0 Å². The molecule has 2 N–H and O–H groups in total. The topological polar surface area (TPSA) is 53.7 Å². The predicted molar refractivity (Wildman–Crippen MR) is 112 cm³/mol. The van der Waals surface area contributed by atoms with Crippen LogP contribution in [0.5, 0.6) is 0 Å². The monoisotopic (exact) mass is 461 g/mol. The van der Waals surface area contributed by atoms with E-state index in [1.807, 2.05) is 18.6 Å². The average molecular weight is 461 g/mol. The van der Waals surface area contributed by atoms with Crippen molar-refractivity contribution in [2.24, 2.45) is 16.8 Å². The summed E-state index contributed by atoms with van der Waals surface area (Å²) in [5.74, 6) is 2.58. The summed E-state index contributed by atoms with van der Waals surface area (Å²) in [6.07, 6.45) is 9.23. The summed E-state index contributed by atoms with van der Waals surface area (Å²) in [5.41, 5.74) is 1.04. The minimum atomic E-state index is 0. The van der Waals surface area contributed by atoms with Crippen LogP contribution in [-0.4, -0.2) is 28.4 Å². The van der Waals surface area contributed by atoms with Gasteiger partial charge in [-0.1, -0.05) is 13.8 Å². The molecule has 0 aromatic carbocycles. The third-order valence-corrected chi connectivity index (χ3v) is 5.63. The number of imidazole rings is 1. The Bertz CT molecular complexity index is 626. The Morgan fingerprint density at radius 3 is 2.75 bits per heavy atom. The second kappa shape index (κ2) is 9.03. The molecule has 0 aliphatic heterocycles. The molecular formula is C17H28IN5S. The number of nitrogens with zero attached hydrogens (tertiary/aromatic N) is 3. The van der Waals surface area contributed by atoms with Gasteiger partial charge in [-0.3, -0.25) is 9.39 Å². The lowest BCUT2D eigenvalue weighted by molar-refractivity contribution is 0.250. The normalized spacial score (nSPS) is 21.8. The summed E-state index contributed by atoms with van der Waals surface area (Å²) in [6.45, 7) is 5.39. The lowest BCUT2D eigenvalue weighted by Gasteiger charge is -2.32. The SMILES string of the molecule is CN=C(NCc1cn2ccsc2n1)NC1CCC(C(C)C)CC1.I. The van der Waals surface area contributed by atoms with E-state index < -0.39 is 0 Å². The molecule has 0 radical (unpaired) electrons. The summed E-state index contributed by atoms with van der Waals surface area (Å²) < 4.78 is 2.06. The van der Waals surface area contributed by atoms with Gasteiger partial charge in [-0.05, 0) is 37.5 Å². The molecule has 24 heavy (non-hydrogen) atoms. The van der Waals surface area contributed by atoms with Crippen LogP contribution in [-0.2, 0) is 6.54 Å². The Balaban J connectivity index is 0.00000208. The lowest BCUT2D eigenvalue weighted by Crippen LogP contribution is -2.44. The zero-order valence-corrected chi connectivity index (χ0v) is 17.8. The Labute approximate surface area is 165 Å². The number of rotatable bonds is 4. The van der Waals surface area contributed by atoms with E-state index in [0.717, 1.165) is 28.5 Å². The highest BCUT2D eigenvalue weighted by atomic mass is 127. The first-order valence-electron chi connectivity index (χ1n) is 8.54. The maximum Gasteiger partial charge on any atom is 0.193 e. The van der Waals surface area contributed by atoms with E-state index in [0.29, 0.717) is 12.6 Å². The van der Waals surface area contributed by atoms with Crippen molar-refractivity contribution in [2.75, 3.05) is 7.05 Å². The molecule has 0 unspecified atom stereocenters. The van der Waals surface area contributed by atoms with Gasteiger partial charge in [0.15, 0.2) is 10.9 Å². The van der Waals surface area contributed by atoms with Gasteiger partial charge in [-0.25, -0.2) is 4.98 Å². The quantitative estimate of drug-likeness (QED) is 0.413. The van der Waals surface area contributed by atoms with Crippen LogP contribution in [0.1, 0.15) is 45.2 Å². The van der Waals surface area contributed by atoms with Crippen LogP contribution in [0.2, 0.25) is 0 Å². The Morgan fingerprint density at radius 2 is 2.12 bits per heavy atom. The molecule has 0 saturated heterocycles. The third-order valence-electron chi connectivity index (χ3n) is 4.86. The van der Waals surface area contributed by atoms with Crippen LogP contribution >= 0.6 is 35.3 Å². The van der Waals surface area contributed by atoms with Crippen LogP contribution in [0, 0.1) is 11.8 Å². The van der Waals surface area contributed by atoms with Gasteiger partial charge in [0, 0.05) is 30.9 Å². The molecule has 1 aliphatic rings. The van der Waals surface area contributed by atoms with Gasteiger partial charge in [0.2, 0.25) is 0 Å². The molecule has 0 spiro atoms. The van der Waals surface area contributed by atoms with E-state index in [1.165, 1.54) is 25.7 Å². The minimum absolute atomic E-state index is 0. The molecular weight excluding hydrogens is 433 g/mol. The molecule has 1 aliphatic carbocycles. The van der Waals surface area contributed by atoms with Crippen LogP contribution in [0.4, 0.5) is 0 Å². The largest absolute Gasteiger partial charge is 0.354 e. The third kappa shape index (κ3) is 4.84. The second-order valence-electron chi connectivity index (χ2n) is 6.75. The van der Waals surface area contributed by atoms with Crippen molar-refractivity contribution >= 4 is 46.2 Å². The summed E-state index contributed by atoms with van der Waals surface area (Å²) in [6, 6.07) is 0.543. The van der Waals surface area contributed by atoms with E-state index in [1.54, 1.807) is 11.3 Å². The van der Waals surface area contributed by atoms with Gasteiger partial charge in [-0.2, -0.15) is 0 Å². The van der Waals surface area contributed by atoms with Crippen LogP contribution < -0.4 is 10.6 Å². The number of guanidine groups is 1. The number of halogens is 1. The van der Waals surface area contributed by atoms with Crippen molar-refractivity contribution in [1.29, 1.82) is 0 Å². The number of nitrogens with one attached hydrogen (secondary N) is 2. The molecule has 2 aromatic heterocycles. The Kier molecular flexibility index (Phi) is 7.34. The Morgan fingerprint density at radius 1 is 1.38 bits per heavy atom.